The van der Waals surface area contributed by atoms with Crippen LogP contribution >= 0.6 is 0 Å². The Morgan fingerprint density at radius 1 is 1.03 bits per heavy atom. The third-order valence-corrected chi connectivity index (χ3v) is 6.07. The van der Waals surface area contributed by atoms with E-state index in [9.17, 15) is 14.7 Å². The Labute approximate surface area is 201 Å². The van der Waals surface area contributed by atoms with Crippen molar-refractivity contribution in [2.75, 3.05) is 23.8 Å². The van der Waals surface area contributed by atoms with Crippen LogP contribution in [0.5, 0.6) is 0 Å². The van der Waals surface area contributed by atoms with E-state index in [2.05, 4.69) is 25.6 Å². The molecule has 3 heterocycles. The Kier molecular flexibility index (Phi) is 6.51. The molecule has 9 nitrogen and oxygen atoms in total. The van der Waals surface area contributed by atoms with Crippen molar-refractivity contribution in [3.8, 4) is 0 Å². The molecule has 5 rings (SSSR count). The van der Waals surface area contributed by atoms with Gasteiger partial charge in [-0.3, -0.25) is 9.59 Å². The number of nitrogens with one attached hydrogen (secondary N) is 3. The van der Waals surface area contributed by atoms with E-state index >= 15 is 0 Å². The monoisotopic (exact) mass is 471 g/mol. The lowest BCUT2D eigenvalue weighted by molar-refractivity contribution is -0.0224. The standard InChI is InChI=1S/C26H25N5O4/c32-13-20-11-10-19(14-35-20)30-25-22-21(12-27-24(22)28-15-29-25)23(33)16-6-8-17(9-7-16)26(34)31-18-4-2-1-3-5-18/h1-9,12,15,19-20,32H,10-11,13-14H2,(H,31,34)(H2,27,28,29,30). The van der Waals surface area contributed by atoms with Crippen LogP contribution < -0.4 is 10.6 Å². The van der Waals surface area contributed by atoms with Gasteiger partial charge in [0.25, 0.3) is 5.91 Å². The summed E-state index contributed by atoms with van der Waals surface area (Å²) in [7, 11) is 0. The molecule has 9 heteroatoms. The van der Waals surface area contributed by atoms with E-state index in [1.807, 2.05) is 30.3 Å². The van der Waals surface area contributed by atoms with Gasteiger partial charge in [-0.2, -0.15) is 0 Å². The highest BCUT2D eigenvalue weighted by molar-refractivity contribution is 6.18. The van der Waals surface area contributed by atoms with Crippen molar-refractivity contribution < 1.29 is 19.4 Å². The van der Waals surface area contributed by atoms with Gasteiger partial charge in [-0.05, 0) is 37.1 Å². The van der Waals surface area contributed by atoms with Gasteiger partial charge in [-0.15, -0.1) is 0 Å². The third kappa shape index (κ3) is 4.91. The summed E-state index contributed by atoms with van der Waals surface area (Å²) in [6.07, 6.45) is 4.49. The first-order valence-electron chi connectivity index (χ1n) is 11.4. The van der Waals surface area contributed by atoms with Gasteiger partial charge in [0, 0.05) is 23.0 Å². The number of fused-ring (bicyclic) bond motifs is 1. The number of aliphatic hydroxyl groups is 1. The molecule has 2 atom stereocenters. The molecule has 0 saturated carbocycles. The van der Waals surface area contributed by atoms with Gasteiger partial charge in [-0.25, -0.2) is 9.97 Å². The molecule has 178 valence electrons. The number of nitrogens with zero attached hydrogens (tertiary/aromatic N) is 2. The van der Waals surface area contributed by atoms with Gasteiger partial charge in [0.1, 0.15) is 17.8 Å². The van der Waals surface area contributed by atoms with Gasteiger partial charge in [-0.1, -0.05) is 30.3 Å². The molecule has 1 aliphatic rings. The molecule has 1 saturated heterocycles. The summed E-state index contributed by atoms with van der Waals surface area (Å²) in [5.41, 5.74) is 2.59. The number of aromatic nitrogens is 3. The number of carbonyl (C=O) groups excluding carboxylic acids is 2. The maximum absolute atomic E-state index is 13.4. The first-order valence-corrected chi connectivity index (χ1v) is 11.4. The average Bonchev–Trinajstić information content (AvgIpc) is 3.35. The number of benzene rings is 2. The molecule has 35 heavy (non-hydrogen) atoms. The predicted octanol–water partition coefficient (Wildman–Crippen LogP) is 3.39. The van der Waals surface area contributed by atoms with Gasteiger partial charge in [0.2, 0.25) is 0 Å². The lowest BCUT2D eigenvalue weighted by Crippen LogP contribution is -2.36. The molecular formula is C26H25N5O4. The fourth-order valence-electron chi connectivity index (χ4n) is 4.16. The summed E-state index contributed by atoms with van der Waals surface area (Å²) in [6, 6.07) is 15.7. The molecule has 0 bridgehead atoms. The maximum Gasteiger partial charge on any atom is 0.255 e. The second kappa shape index (κ2) is 10.0. The van der Waals surface area contributed by atoms with Crippen LogP contribution in [0.4, 0.5) is 11.5 Å². The van der Waals surface area contributed by atoms with Crippen LogP contribution in [0.2, 0.25) is 0 Å². The highest BCUT2D eigenvalue weighted by Crippen LogP contribution is 2.27. The number of hydrogen-bond acceptors (Lipinski definition) is 7. The third-order valence-electron chi connectivity index (χ3n) is 6.07. The summed E-state index contributed by atoms with van der Waals surface area (Å²) in [5, 5.41) is 16.1. The van der Waals surface area contributed by atoms with Crippen molar-refractivity contribution in [1.29, 1.82) is 0 Å². The molecule has 1 aliphatic heterocycles. The fraction of sp³-hybridized carbons (Fsp3) is 0.231. The summed E-state index contributed by atoms with van der Waals surface area (Å²) in [4.78, 5) is 37.6. The van der Waals surface area contributed by atoms with Gasteiger partial charge < -0.3 is 25.5 Å². The van der Waals surface area contributed by atoms with Crippen LogP contribution in [0.15, 0.2) is 67.1 Å². The van der Waals surface area contributed by atoms with E-state index in [4.69, 9.17) is 4.74 Å². The first-order chi connectivity index (χ1) is 17.1. The normalized spacial score (nSPS) is 17.7. The summed E-state index contributed by atoms with van der Waals surface area (Å²) in [6.45, 7) is 0.449. The van der Waals surface area contributed by atoms with Gasteiger partial charge >= 0.3 is 0 Å². The van der Waals surface area contributed by atoms with Crippen molar-refractivity contribution in [3.05, 3.63) is 83.8 Å². The molecule has 1 fully saturated rings. The lowest BCUT2D eigenvalue weighted by Gasteiger charge is -2.29. The highest BCUT2D eigenvalue weighted by atomic mass is 16.5. The SMILES string of the molecule is O=C(Nc1ccccc1)c1ccc(C(=O)c2c[nH]c3ncnc(NC4CCC(CO)OC4)c23)cc1. The minimum Gasteiger partial charge on any atom is -0.394 e. The quantitative estimate of drug-likeness (QED) is 0.304. The van der Waals surface area contributed by atoms with Crippen molar-refractivity contribution in [1.82, 2.24) is 15.0 Å². The van der Waals surface area contributed by atoms with Crippen LogP contribution in [-0.4, -0.2) is 57.1 Å². The highest BCUT2D eigenvalue weighted by Gasteiger charge is 2.24. The number of rotatable bonds is 7. The maximum atomic E-state index is 13.4. The largest absolute Gasteiger partial charge is 0.394 e. The minimum absolute atomic E-state index is 0.00758. The number of carbonyl (C=O) groups is 2. The average molecular weight is 472 g/mol. The van der Waals surface area contributed by atoms with E-state index in [1.165, 1.54) is 6.33 Å². The second-order valence-electron chi connectivity index (χ2n) is 8.43. The number of amides is 1. The smallest absolute Gasteiger partial charge is 0.255 e. The van der Waals surface area contributed by atoms with Crippen molar-refractivity contribution in [3.63, 3.8) is 0 Å². The zero-order valence-corrected chi connectivity index (χ0v) is 18.9. The number of hydrogen-bond donors (Lipinski definition) is 4. The van der Waals surface area contributed by atoms with E-state index in [1.54, 1.807) is 30.5 Å². The van der Waals surface area contributed by atoms with Crippen LogP contribution in [0.1, 0.15) is 39.1 Å². The molecule has 0 aliphatic carbocycles. The molecule has 2 aromatic carbocycles. The van der Waals surface area contributed by atoms with Crippen molar-refractivity contribution >= 4 is 34.2 Å². The summed E-state index contributed by atoms with van der Waals surface area (Å²) >= 11 is 0. The van der Waals surface area contributed by atoms with Crippen LogP contribution in [0, 0.1) is 0 Å². The Bertz CT molecular complexity index is 1330. The van der Waals surface area contributed by atoms with Gasteiger partial charge in [0.05, 0.1) is 36.3 Å². The number of H-pyrrole nitrogens is 1. The van der Waals surface area contributed by atoms with E-state index in [0.717, 1.165) is 12.8 Å². The number of ether oxygens (including phenoxy) is 1. The molecule has 2 unspecified atom stereocenters. The Morgan fingerprint density at radius 2 is 1.80 bits per heavy atom. The van der Waals surface area contributed by atoms with E-state index in [0.29, 0.717) is 45.8 Å². The predicted molar refractivity (Wildman–Crippen MR) is 132 cm³/mol. The van der Waals surface area contributed by atoms with Gasteiger partial charge in [0.15, 0.2) is 5.78 Å². The summed E-state index contributed by atoms with van der Waals surface area (Å²) < 4.78 is 5.66. The number of para-hydroxylation sites is 1. The summed E-state index contributed by atoms with van der Waals surface area (Å²) in [5.74, 6) is 0.0965. The Hall–Kier alpha value is -4.08. The molecule has 0 radical (unpaired) electrons. The number of aromatic amines is 1. The second-order valence-corrected chi connectivity index (χ2v) is 8.43. The van der Waals surface area contributed by atoms with Crippen molar-refractivity contribution in [2.24, 2.45) is 0 Å². The topological polar surface area (TPSA) is 129 Å². The number of aliphatic hydroxyl groups excluding tert-OH is 1. The fourth-order valence-corrected chi connectivity index (χ4v) is 4.16. The zero-order valence-electron chi connectivity index (χ0n) is 18.9. The molecule has 0 spiro atoms. The molecule has 1 amide bonds. The minimum atomic E-state index is -0.250. The van der Waals surface area contributed by atoms with Crippen LogP contribution in [0.25, 0.3) is 11.0 Å². The van der Waals surface area contributed by atoms with Crippen LogP contribution in [0.3, 0.4) is 0 Å². The van der Waals surface area contributed by atoms with Crippen LogP contribution in [-0.2, 0) is 4.74 Å². The lowest BCUT2D eigenvalue weighted by atomic mass is 10.0. The zero-order chi connectivity index (χ0) is 24.2. The molecular weight excluding hydrogens is 446 g/mol. The molecule has 4 aromatic rings. The van der Waals surface area contributed by atoms with E-state index < -0.39 is 0 Å². The molecule has 4 N–H and O–H groups in total. The first kappa shape index (κ1) is 22.7. The number of ketones is 1. The molecule has 2 aromatic heterocycles. The number of anilines is 2. The van der Waals surface area contributed by atoms with Crippen molar-refractivity contribution in [2.45, 2.75) is 25.0 Å². The van der Waals surface area contributed by atoms with E-state index in [-0.39, 0.29) is 30.4 Å². The Balaban J connectivity index is 1.35. The Morgan fingerprint density at radius 3 is 2.51 bits per heavy atom.